The quantitative estimate of drug-likeness (QED) is 0.631. The van der Waals surface area contributed by atoms with Gasteiger partial charge >= 0.3 is 6.03 Å². The maximum atomic E-state index is 14.5. The number of oxime groups is 1. The number of anilines is 2. The smallest absolute Gasteiger partial charge is 0.316 e. The number of nitrogens with one attached hydrogen (secondary N) is 1. The molecule has 2 aliphatic rings. The van der Waals surface area contributed by atoms with Gasteiger partial charge in [0.1, 0.15) is 11.9 Å². The second-order valence-electron chi connectivity index (χ2n) is 8.69. The lowest BCUT2D eigenvalue weighted by Crippen LogP contribution is -2.37. The van der Waals surface area contributed by atoms with E-state index in [2.05, 4.69) is 32.3 Å². The predicted octanol–water partition coefficient (Wildman–Crippen LogP) is 4.37. The van der Waals surface area contributed by atoms with Gasteiger partial charge in [-0.15, -0.1) is 0 Å². The van der Waals surface area contributed by atoms with Gasteiger partial charge < -0.3 is 20.8 Å². The van der Waals surface area contributed by atoms with Gasteiger partial charge in [0.2, 0.25) is 5.95 Å². The van der Waals surface area contributed by atoms with Crippen LogP contribution in [0.4, 0.5) is 20.8 Å². The third kappa shape index (κ3) is 5.97. The molecule has 3 N–H and O–H groups in total. The minimum absolute atomic E-state index is 0.101. The first-order valence-corrected chi connectivity index (χ1v) is 11.6. The first-order valence-electron chi connectivity index (χ1n) is 11.6. The van der Waals surface area contributed by atoms with Crippen LogP contribution >= 0.6 is 0 Å². The molecular weight excluding hydrogens is 423 g/mol. The van der Waals surface area contributed by atoms with Gasteiger partial charge in [-0.25, -0.2) is 19.2 Å². The number of benzene rings is 1. The Hall–Kier alpha value is -3.23. The van der Waals surface area contributed by atoms with Crippen LogP contribution in [0.5, 0.6) is 0 Å². The van der Waals surface area contributed by atoms with E-state index in [-0.39, 0.29) is 17.8 Å². The third-order valence-electron chi connectivity index (χ3n) is 6.43. The summed E-state index contributed by atoms with van der Waals surface area (Å²) < 4.78 is 14.5. The molecule has 4 rings (SSSR count). The number of piperidine rings is 1. The van der Waals surface area contributed by atoms with Gasteiger partial charge in [-0.2, -0.15) is 0 Å². The number of hydrogen-bond acceptors (Lipinski definition) is 6. The second kappa shape index (κ2) is 10.6. The van der Waals surface area contributed by atoms with E-state index in [1.165, 1.54) is 6.07 Å². The van der Waals surface area contributed by atoms with Crippen LogP contribution in [-0.4, -0.2) is 40.9 Å². The van der Waals surface area contributed by atoms with Gasteiger partial charge in [-0.1, -0.05) is 18.1 Å². The van der Waals surface area contributed by atoms with E-state index < -0.39 is 6.03 Å². The zero-order valence-corrected chi connectivity index (χ0v) is 19.0. The molecule has 33 heavy (non-hydrogen) atoms. The van der Waals surface area contributed by atoms with E-state index in [4.69, 9.17) is 10.6 Å². The molecule has 1 aromatic heterocycles. The molecule has 1 aromatic carbocycles. The number of nitrogens with zero attached hydrogens (tertiary/aromatic N) is 4. The number of aryl methyl sites for hydroxylation is 1. The lowest BCUT2D eigenvalue weighted by Gasteiger charge is -2.31. The highest BCUT2D eigenvalue weighted by Crippen LogP contribution is 2.34. The average molecular weight is 455 g/mol. The van der Waals surface area contributed by atoms with Crippen molar-refractivity contribution in [1.82, 2.24) is 9.97 Å². The summed E-state index contributed by atoms with van der Waals surface area (Å²) in [6.07, 6.45) is 9.83. The maximum Gasteiger partial charge on any atom is 0.316 e. The van der Waals surface area contributed by atoms with E-state index >= 15 is 0 Å². The highest BCUT2D eigenvalue weighted by molar-refractivity contribution is 5.87. The second-order valence-corrected chi connectivity index (χ2v) is 8.69. The number of rotatable bonds is 6. The summed E-state index contributed by atoms with van der Waals surface area (Å²) in [5.41, 5.74) is 8.31. The number of primary amides is 1. The highest BCUT2D eigenvalue weighted by atomic mass is 19.1. The van der Waals surface area contributed by atoms with E-state index in [1.54, 1.807) is 12.1 Å². The van der Waals surface area contributed by atoms with E-state index in [1.807, 2.05) is 12.4 Å². The van der Waals surface area contributed by atoms with Crippen LogP contribution in [0.25, 0.3) is 0 Å². The summed E-state index contributed by atoms with van der Waals surface area (Å²) in [6.45, 7) is 3.79. The molecule has 1 aliphatic heterocycles. The van der Waals surface area contributed by atoms with Gasteiger partial charge in [0, 0.05) is 44.0 Å². The Kier molecular flexibility index (Phi) is 7.36. The Morgan fingerprint density at radius 1 is 1.21 bits per heavy atom. The van der Waals surface area contributed by atoms with Gasteiger partial charge in [0.25, 0.3) is 0 Å². The fourth-order valence-electron chi connectivity index (χ4n) is 4.44. The first-order chi connectivity index (χ1) is 16.0. The van der Waals surface area contributed by atoms with Crippen molar-refractivity contribution in [3.05, 3.63) is 47.5 Å². The van der Waals surface area contributed by atoms with Gasteiger partial charge in [0.15, 0.2) is 0 Å². The van der Waals surface area contributed by atoms with Crippen LogP contribution < -0.4 is 16.0 Å². The lowest BCUT2D eigenvalue weighted by molar-refractivity contribution is 0.0406. The SMILES string of the molecule is CCc1cnc(N2CCC(ON=C3CCC(c4ccc(NC(N)=O)cc4F)CC3)CC2)nc1. The molecule has 1 saturated heterocycles. The normalized spacial score (nSPS) is 19.3. The number of amides is 2. The van der Waals surface area contributed by atoms with Crippen molar-refractivity contribution < 1.29 is 14.0 Å². The van der Waals surface area contributed by atoms with Crippen molar-refractivity contribution in [3.63, 3.8) is 0 Å². The molecule has 9 heteroatoms. The van der Waals surface area contributed by atoms with Crippen LogP contribution in [0.15, 0.2) is 35.7 Å². The van der Waals surface area contributed by atoms with Crippen molar-refractivity contribution in [2.24, 2.45) is 10.9 Å². The van der Waals surface area contributed by atoms with Crippen LogP contribution in [0.2, 0.25) is 0 Å². The predicted molar refractivity (Wildman–Crippen MR) is 126 cm³/mol. The number of halogens is 1. The van der Waals surface area contributed by atoms with Crippen molar-refractivity contribution >= 4 is 23.4 Å². The lowest BCUT2D eigenvalue weighted by atomic mass is 9.83. The molecule has 176 valence electrons. The van der Waals surface area contributed by atoms with Crippen molar-refractivity contribution in [3.8, 4) is 0 Å². The standard InChI is InChI=1S/C24H31FN6O2/c1-2-16-14-27-24(28-15-16)31-11-9-20(10-12-31)33-30-18-5-3-17(4-6-18)21-8-7-19(13-22(21)25)29-23(26)32/h7-8,13-15,17,20H,2-6,9-12H2,1H3,(H3,26,29,32). The molecule has 2 amide bonds. The Morgan fingerprint density at radius 3 is 2.52 bits per heavy atom. The summed E-state index contributed by atoms with van der Waals surface area (Å²) in [6, 6.07) is 4.04. The fourth-order valence-corrected chi connectivity index (χ4v) is 4.44. The topological polar surface area (TPSA) is 106 Å². The molecular formula is C24H31FN6O2. The Labute approximate surface area is 193 Å². The van der Waals surface area contributed by atoms with Crippen molar-refractivity contribution in [2.75, 3.05) is 23.3 Å². The molecule has 8 nitrogen and oxygen atoms in total. The number of aromatic nitrogens is 2. The Balaban J connectivity index is 1.23. The molecule has 0 radical (unpaired) electrons. The summed E-state index contributed by atoms with van der Waals surface area (Å²) in [7, 11) is 0. The largest absolute Gasteiger partial charge is 0.392 e. The molecule has 0 spiro atoms. The fraction of sp³-hybridized carbons (Fsp3) is 0.500. The Bertz CT molecular complexity index is 979. The van der Waals surface area contributed by atoms with Crippen LogP contribution in [0.3, 0.4) is 0 Å². The molecule has 2 aromatic rings. The highest BCUT2D eigenvalue weighted by Gasteiger charge is 2.25. The monoisotopic (exact) mass is 454 g/mol. The molecule has 0 unspecified atom stereocenters. The number of carbonyl (C=O) groups is 1. The number of urea groups is 1. The van der Waals surface area contributed by atoms with E-state index in [0.717, 1.165) is 75.3 Å². The minimum Gasteiger partial charge on any atom is -0.392 e. The summed E-state index contributed by atoms with van der Waals surface area (Å²) in [4.78, 5) is 27.9. The summed E-state index contributed by atoms with van der Waals surface area (Å²) in [5, 5.41) is 6.84. The van der Waals surface area contributed by atoms with E-state index in [9.17, 15) is 9.18 Å². The molecule has 0 atom stereocenters. The average Bonchev–Trinajstić information content (AvgIpc) is 2.83. The summed E-state index contributed by atoms with van der Waals surface area (Å²) in [5.74, 6) is 0.595. The van der Waals surface area contributed by atoms with Gasteiger partial charge in [-0.05, 0) is 61.3 Å². The zero-order chi connectivity index (χ0) is 23.2. The number of nitrogens with two attached hydrogens (primary N) is 1. The third-order valence-corrected chi connectivity index (χ3v) is 6.43. The number of hydrogen-bond donors (Lipinski definition) is 2. The van der Waals surface area contributed by atoms with Crippen molar-refractivity contribution in [1.29, 1.82) is 0 Å². The van der Waals surface area contributed by atoms with Gasteiger partial charge in [-0.3, -0.25) is 0 Å². The maximum absolute atomic E-state index is 14.5. The van der Waals surface area contributed by atoms with Crippen LogP contribution in [0.1, 0.15) is 62.5 Å². The Morgan fingerprint density at radius 2 is 1.91 bits per heavy atom. The van der Waals surface area contributed by atoms with Crippen LogP contribution in [0, 0.1) is 5.82 Å². The van der Waals surface area contributed by atoms with Crippen LogP contribution in [-0.2, 0) is 11.3 Å². The molecule has 0 bridgehead atoms. The zero-order valence-electron chi connectivity index (χ0n) is 19.0. The van der Waals surface area contributed by atoms with Gasteiger partial charge in [0.05, 0.1) is 5.71 Å². The minimum atomic E-state index is -0.703. The molecule has 1 saturated carbocycles. The van der Waals surface area contributed by atoms with Crippen molar-refractivity contribution in [2.45, 2.75) is 63.9 Å². The molecule has 1 aliphatic carbocycles. The molecule has 2 heterocycles. The van der Waals surface area contributed by atoms with E-state index in [0.29, 0.717) is 11.3 Å². The summed E-state index contributed by atoms with van der Waals surface area (Å²) >= 11 is 0. The number of carbonyl (C=O) groups excluding carboxylic acids is 1. The molecule has 2 fully saturated rings. The first kappa shape index (κ1) is 22.9.